The number of aryl methyl sites for hydroxylation is 1. The highest BCUT2D eigenvalue weighted by atomic mass is 19.4. The predicted molar refractivity (Wildman–Crippen MR) is 110 cm³/mol. The zero-order valence-electron chi connectivity index (χ0n) is 17.9. The third-order valence-corrected chi connectivity index (χ3v) is 6.73. The Morgan fingerprint density at radius 1 is 1.18 bits per heavy atom. The second kappa shape index (κ2) is 7.28. The minimum atomic E-state index is -5.12. The van der Waals surface area contributed by atoms with Gasteiger partial charge in [0, 0.05) is 36.8 Å². The van der Waals surface area contributed by atoms with Crippen molar-refractivity contribution in [2.45, 2.75) is 32.0 Å². The summed E-state index contributed by atoms with van der Waals surface area (Å²) in [5, 5.41) is 14.1. The number of morpholine rings is 1. The Bertz CT molecular complexity index is 1250. The van der Waals surface area contributed by atoms with E-state index in [2.05, 4.69) is 21.9 Å². The standard InChI is InChI=1S/C22H21F5N4O2/c1-21(3-4-21)15-10-33-6-5-31(15)16-8-14-12(9-28-16)19(29-30(14)2)11-7-13(22(25,26)27)18(24)20(32)17(11)23/h7-9,15,32H,3-6,10H2,1-2H3. The van der Waals surface area contributed by atoms with Crippen LogP contribution >= 0.6 is 0 Å². The summed E-state index contributed by atoms with van der Waals surface area (Å²) >= 11 is 0. The van der Waals surface area contributed by atoms with Gasteiger partial charge in [0.1, 0.15) is 11.5 Å². The monoisotopic (exact) mass is 468 g/mol. The molecule has 33 heavy (non-hydrogen) atoms. The van der Waals surface area contributed by atoms with Gasteiger partial charge in [0.15, 0.2) is 17.4 Å². The first-order valence-electron chi connectivity index (χ1n) is 10.5. The van der Waals surface area contributed by atoms with Crippen LogP contribution in [0.25, 0.3) is 22.2 Å². The van der Waals surface area contributed by atoms with Crippen molar-refractivity contribution in [2.75, 3.05) is 24.7 Å². The summed E-state index contributed by atoms with van der Waals surface area (Å²) in [4.78, 5) is 6.66. The molecule has 0 radical (unpaired) electrons. The highest BCUT2D eigenvalue weighted by molar-refractivity contribution is 5.94. The normalized spacial score (nSPS) is 20.5. The van der Waals surface area contributed by atoms with Crippen LogP contribution < -0.4 is 4.90 Å². The number of hydrogen-bond acceptors (Lipinski definition) is 5. The molecule has 176 valence electrons. The minimum Gasteiger partial charge on any atom is -0.503 e. The highest BCUT2D eigenvalue weighted by Crippen LogP contribution is 2.51. The number of phenols is 1. The molecule has 0 bridgehead atoms. The molecular weight excluding hydrogens is 447 g/mol. The van der Waals surface area contributed by atoms with Crippen LogP contribution in [0, 0.1) is 17.0 Å². The number of ether oxygens (including phenoxy) is 1. The van der Waals surface area contributed by atoms with E-state index in [-0.39, 0.29) is 22.5 Å². The molecule has 1 aromatic carbocycles. The molecule has 0 amide bonds. The Morgan fingerprint density at radius 3 is 2.58 bits per heavy atom. The number of halogens is 5. The van der Waals surface area contributed by atoms with Crippen LogP contribution in [0.3, 0.4) is 0 Å². The number of phenolic OH excluding ortho intramolecular Hbond substituents is 1. The van der Waals surface area contributed by atoms with Crippen LogP contribution in [0.5, 0.6) is 5.75 Å². The van der Waals surface area contributed by atoms with Gasteiger partial charge in [-0.1, -0.05) is 6.92 Å². The maximum absolute atomic E-state index is 14.7. The molecule has 6 nitrogen and oxygen atoms in total. The van der Waals surface area contributed by atoms with E-state index in [1.54, 1.807) is 13.1 Å². The molecule has 0 spiro atoms. The van der Waals surface area contributed by atoms with Crippen LogP contribution in [0.1, 0.15) is 25.3 Å². The van der Waals surface area contributed by atoms with E-state index in [1.165, 1.54) is 10.9 Å². The van der Waals surface area contributed by atoms with Gasteiger partial charge in [0.2, 0.25) is 0 Å². The largest absolute Gasteiger partial charge is 0.503 e. The Morgan fingerprint density at radius 2 is 1.91 bits per heavy atom. The van der Waals surface area contributed by atoms with E-state index in [9.17, 15) is 27.1 Å². The number of anilines is 1. The summed E-state index contributed by atoms with van der Waals surface area (Å²) in [5.41, 5.74) is -1.95. The summed E-state index contributed by atoms with van der Waals surface area (Å²) in [5.74, 6) is -4.61. The number of hydrogen-bond donors (Lipinski definition) is 1. The predicted octanol–water partition coefficient (Wildman–Crippen LogP) is 4.64. The van der Waals surface area contributed by atoms with Crippen molar-refractivity contribution in [3.8, 4) is 17.0 Å². The van der Waals surface area contributed by atoms with Gasteiger partial charge in [-0.15, -0.1) is 0 Å². The quantitative estimate of drug-likeness (QED) is 0.568. The number of benzene rings is 1. The average Bonchev–Trinajstić information content (AvgIpc) is 3.45. The van der Waals surface area contributed by atoms with E-state index < -0.39 is 34.7 Å². The fraction of sp³-hybridized carbons (Fsp3) is 0.455. The van der Waals surface area contributed by atoms with E-state index >= 15 is 0 Å². The number of fused-ring (bicyclic) bond motifs is 1. The number of nitrogens with zero attached hydrogens (tertiary/aromatic N) is 4. The first-order valence-corrected chi connectivity index (χ1v) is 10.5. The Hall–Kier alpha value is -2.95. The van der Waals surface area contributed by atoms with E-state index in [4.69, 9.17) is 4.74 Å². The lowest BCUT2D eigenvalue weighted by molar-refractivity contribution is -0.140. The van der Waals surface area contributed by atoms with E-state index in [0.29, 0.717) is 37.2 Å². The Balaban J connectivity index is 1.62. The summed E-state index contributed by atoms with van der Waals surface area (Å²) in [6, 6.07) is 2.22. The number of rotatable bonds is 3. The summed E-state index contributed by atoms with van der Waals surface area (Å²) in [7, 11) is 1.57. The third kappa shape index (κ3) is 3.49. The van der Waals surface area contributed by atoms with Gasteiger partial charge in [0.25, 0.3) is 0 Å². The van der Waals surface area contributed by atoms with Crippen molar-refractivity contribution in [3.63, 3.8) is 0 Å². The van der Waals surface area contributed by atoms with Gasteiger partial charge < -0.3 is 14.7 Å². The molecular formula is C22H21F5N4O2. The average molecular weight is 468 g/mol. The van der Waals surface area contributed by atoms with Crippen molar-refractivity contribution in [3.05, 3.63) is 35.5 Å². The molecule has 3 aromatic rings. The van der Waals surface area contributed by atoms with E-state index in [0.717, 1.165) is 12.8 Å². The van der Waals surface area contributed by atoms with Gasteiger partial charge in [0.05, 0.1) is 30.3 Å². The summed E-state index contributed by atoms with van der Waals surface area (Å²) in [6.07, 6.45) is -1.53. The maximum atomic E-state index is 14.7. The second-order valence-electron chi connectivity index (χ2n) is 8.92. The lowest BCUT2D eigenvalue weighted by Crippen LogP contribution is -2.50. The second-order valence-corrected chi connectivity index (χ2v) is 8.92. The number of alkyl halides is 3. The lowest BCUT2D eigenvalue weighted by atomic mass is 9.97. The lowest BCUT2D eigenvalue weighted by Gasteiger charge is -2.40. The van der Waals surface area contributed by atoms with Crippen LogP contribution in [-0.2, 0) is 18.0 Å². The van der Waals surface area contributed by atoms with Crippen molar-refractivity contribution in [1.82, 2.24) is 14.8 Å². The molecule has 11 heteroatoms. The van der Waals surface area contributed by atoms with Crippen LogP contribution in [0.2, 0.25) is 0 Å². The topological polar surface area (TPSA) is 63.4 Å². The molecule has 1 unspecified atom stereocenters. The molecule has 2 aliphatic rings. The van der Waals surface area contributed by atoms with Gasteiger partial charge in [-0.05, 0) is 24.3 Å². The van der Waals surface area contributed by atoms with Gasteiger partial charge in [-0.3, -0.25) is 4.68 Å². The number of aromatic hydroxyl groups is 1. The minimum absolute atomic E-state index is 0.136. The van der Waals surface area contributed by atoms with Gasteiger partial charge >= 0.3 is 6.18 Å². The Labute approximate surface area is 185 Å². The molecule has 1 atom stereocenters. The molecule has 2 aromatic heterocycles. The summed E-state index contributed by atoms with van der Waals surface area (Å²) in [6.45, 7) is 3.96. The molecule has 2 fully saturated rings. The number of pyridine rings is 1. The molecule has 1 aliphatic carbocycles. The fourth-order valence-corrected chi connectivity index (χ4v) is 4.48. The zero-order valence-corrected chi connectivity index (χ0v) is 17.9. The molecule has 1 saturated heterocycles. The zero-order chi connectivity index (χ0) is 23.7. The van der Waals surface area contributed by atoms with Crippen molar-refractivity contribution >= 4 is 16.7 Å². The Kier molecular flexibility index (Phi) is 4.82. The van der Waals surface area contributed by atoms with Crippen molar-refractivity contribution in [2.24, 2.45) is 12.5 Å². The van der Waals surface area contributed by atoms with Crippen LogP contribution in [0.4, 0.5) is 27.8 Å². The fourth-order valence-electron chi connectivity index (χ4n) is 4.48. The molecule has 1 saturated carbocycles. The third-order valence-electron chi connectivity index (χ3n) is 6.73. The highest BCUT2D eigenvalue weighted by Gasteiger charge is 2.49. The first-order chi connectivity index (χ1) is 15.5. The SMILES string of the molecule is Cn1nc(-c2cc(C(F)(F)F)c(F)c(O)c2F)c2cnc(N3CCOCC3C3(C)CC3)cc21. The van der Waals surface area contributed by atoms with Crippen LogP contribution in [-0.4, -0.2) is 45.7 Å². The maximum Gasteiger partial charge on any atom is 0.419 e. The van der Waals surface area contributed by atoms with Gasteiger partial charge in [-0.25, -0.2) is 13.8 Å². The summed E-state index contributed by atoms with van der Waals surface area (Å²) < 4.78 is 75.4. The molecule has 1 aliphatic heterocycles. The first kappa shape index (κ1) is 21.9. The van der Waals surface area contributed by atoms with E-state index in [1.807, 2.05) is 0 Å². The van der Waals surface area contributed by atoms with Crippen LogP contribution in [0.15, 0.2) is 18.3 Å². The molecule has 3 heterocycles. The molecule has 1 N–H and O–H groups in total. The van der Waals surface area contributed by atoms with Gasteiger partial charge in [-0.2, -0.15) is 18.3 Å². The smallest absolute Gasteiger partial charge is 0.419 e. The van der Waals surface area contributed by atoms with Crippen molar-refractivity contribution < 1.29 is 31.8 Å². The number of aromatic nitrogens is 3. The van der Waals surface area contributed by atoms with Crippen molar-refractivity contribution in [1.29, 1.82) is 0 Å². The molecule has 5 rings (SSSR count).